The van der Waals surface area contributed by atoms with Crippen molar-refractivity contribution in [3.63, 3.8) is 0 Å². The van der Waals surface area contributed by atoms with Gasteiger partial charge in [0, 0.05) is 38.8 Å². The van der Waals surface area contributed by atoms with Crippen molar-refractivity contribution in [2.24, 2.45) is 5.41 Å². The molecule has 0 aromatic heterocycles. The van der Waals surface area contributed by atoms with Crippen LogP contribution < -0.4 is 5.32 Å². The Hall–Kier alpha value is -0.120. The monoisotopic (exact) mass is 253 g/mol. The number of nitrogens with zero attached hydrogens (tertiary/aromatic N) is 2. The molecule has 3 heteroatoms. The topological polar surface area (TPSA) is 18.5 Å². The molecule has 1 unspecified atom stereocenters. The normalized spacial score (nSPS) is 26.5. The minimum Gasteiger partial charge on any atom is -0.319 e. The van der Waals surface area contributed by atoms with Crippen LogP contribution in [0.25, 0.3) is 0 Å². The maximum Gasteiger partial charge on any atom is 0.0224 e. The molecule has 1 N–H and O–H groups in total. The number of piperazine rings is 1. The van der Waals surface area contributed by atoms with Gasteiger partial charge in [0.1, 0.15) is 0 Å². The van der Waals surface area contributed by atoms with Gasteiger partial charge < -0.3 is 5.32 Å². The van der Waals surface area contributed by atoms with Crippen LogP contribution in [-0.4, -0.2) is 62.2 Å². The predicted octanol–water partition coefficient (Wildman–Crippen LogP) is 1.79. The molecule has 0 saturated carbocycles. The second-order valence-electron chi connectivity index (χ2n) is 6.30. The van der Waals surface area contributed by atoms with Crippen LogP contribution in [0.3, 0.4) is 0 Å². The Balaban J connectivity index is 1.91. The lowest BCUT2D eigenvalue weighted by molar-refractivity contribution is 0.0603. The van der Waals surface area contributed by atoms with Crippen LogP contribution in [0.15, 0.2) is 0 Å². The van der Waals surface area contributed by atoms with Gasteiger partial charge in [-0.05, 0) is 44.7 Å². The SMILES string of the molecule is CCC(CC)(CNC)CN1CCN2CCCC2C1. The Morgan fingerprint density at radius 1 is 1.17 bits per heavy atom. The molecule has 2 aliphatic heterocycles. The summed E-state index contributed by atoms with van der Waals surface area (Å²) in [5.41, 5.74) is 0.482. The Morgan fingerprint density at radius 2 is 1.94 bits per heavy atom. The average Bonchev–Trinajstić information content (AvgIpc) is 2.85. The van der Waals surface area contributed by atoms with Gasteiger partial charge in [0.25, 0.3) is 0 Å². The van der Waals surface area contributed by atoms with Crippen molar-refractivity contribution in [1.82, 2.24) is 15.1 Å². The van der Waals surface area contributed by atoms with Gasteiger partial charge >= 0.3 is 0 Å². The highest BCUT2D eigenvalue weighted by molar-refractivity contribution is 4.90. The van der Waals surface area contributed by atoms with Crippen LogP contribution >= 0.6 is 0 Å². The first-order valence-electron chi connectivity index (χ1n) is 7.84. The van der Waals surface area contributed by atoms with E-state index in [0.29, 0.717) is 5.41 Å². The molecule has 1 atom stereocenters. The molecule has 0 aliphatic carbocycles. The summed E-state index contributed by atoms with van der Waals surface area (Å²) in [6.45, 7) is 12.4. The molecular formula is C15H31N3. The van der Waals surface area contributed by atoms with Gasteiger partial charge in [-0.2, -0.15) is 0 Å². The summed E-state index contributed by atoms with van der Waals surface area (Å²) in [7, 11) is 2.09. The fourth-order valence-electron chi connectivity index (χ4n) is 3.83. The Kier molecular flexibility index (Phi) is 5.05. The number of hydrogen-bond acceptors (Lipinski definition) is 3. The first-order valence-corrected chi connectivity index (χ1v) is 7.84. The predicted molar refractivity (Wildman–Crippen MR) is 78.0 cm³/mol. The molecule has 18 heavy (non-hydrogen) atoms. The van der Waals surface area contributed by atoms with Crippen molar-refractivity contribution in [3.8, 4) is 0 Å². The zero-order chi connectivity index (χ0) is 13.0. The number of rotatable bonds is 6. The molecule has 0 spiro atoms. The smallest absolute Gasteiger partial charge is 0.0224 e. The molecule has 2 heterocycles. The maximum absolute atomic E-state index is 3.41. The van der Waals surface area contributed by atoms with Crippen LogP contribution in [-0.2, 0) is 0 Å². The summed E-state index contributed by atoms with van der Waals surface area (Å²) in [5, 5.41) is 3.41. The minimum atomic E-state index is 0.482. The summed E-state index contributed by atoms with van der Waals surface area (Å²) in [4.78, 5) is 5.44. The van der Waals surface area contributed by atoms with Crippen molar-refractivity contribution < 1.29 is 0 Å². The first-order chi connectivity index (χ1) is 8.73. The van der Waals surface area contributed by atoms with Crippen molar-refractivity contribution in [3.05, 3.63) is 0 Å². The molecule has 0 amide bonds. The number of nitrogens with one attached hydrogen (secondary N) is 1. The summed E-state index contributed by atoms with van der Waals surface area (Å²) < 4.78 is 0. The quantitative estimate of drug-likeness (QED) is 0.778. The lowest BCUT2D eigenvalue weighted by Crippen LogP contribution is -2.54. The number of hydrogen-bond donors (Lipinski definition) is 1. The molecule has 2 fully saturated rings. The van der Waals surface area contributed by atoms with Crippen LogP contribution in [0.5, 0.6) is 0 Å². The highest BCUT2D eigenvalue weighted by atomic mass is 15.3. The Morgan fingerprint density at radius 3 is 2.61 bits per heavy atom. The molecule has 0 bridgehead atoms. The van der Waals surface area contributed by atoms with E-state index in [1.54, 1.807) is 0 Å². The van der Waals surface area contributed by atoms with Crippen LogP contribution in [0.2, 0.25) is 0 Å². The van der Waals surface area contributed by atoms with Crippen LogP contribution in [0.4, 0.5) is 0 Å². The summed E-state index contributed by atoms with van der Waals surface area (Å²) in [6.07, 6.45) is 5.42. The van der Waals surface area contributed by atoms with E-state index in [-0.39, 0.29) is 0 Å². The van der Waals surface area contributed by atoms with E-state index in [0.717, 1.165) is 12.6 Å². The van der Waals surface area contributed by atoms with Crippen LogP contribution in [0, 0.1) is 5.41 Å². The molecule has 106 valence electrons. The third kappa shape index (κ3) is 3.06. The van der Waals surface area contributed by atoms with Gasteiger partial charge in [0.15, 0.2) is 0 Å². The molecule has 2 aliphatic rings. The van der Waals surface area contributed by atoms with Crippen molar-refractivity contribution >= 4 is 0 Å². The Labute approximate surface area is 113 Å². The second-order valence-corrected chi connectivity index (χ2v) is 6.30. The molecule has 2 rings (SSSR count). The van der Waals surface area contributed by atoms with E-state index in [2.05, 4.69) is 36.0 Å². The van der Waals surface area contributed by atoms with E-state index in [1.807, 2.05) is 0 Å². The van der Waals surface area contributed by atoms with Gasteiger partial charge in [0.05, 0.1) is 0 Å². The van der Waals surface area contributed by atoms with E-state index in [1.165, 1.54) is 58.4 Å². The van der Waals surface area contributed by atoms with Gasteiger partial charge in [-0.25, -0.2) is 0 Å². The summed E-state index contributed by atoms with van der Waals surface area (Å²) in [6, 6.07) is 0.861. The zero-order valence-electron chi connectivity index (χ0n) is 12.5. The van der Waals surface area contributed by atoms with Crippen LogP contribution in [0.1, 0.15) is 39.5 Å². The van der Waals surface area contributed by atoms with Crippen molar-refractivity contribution in [1.29, 1.82) is 0 Å². The third-order valence-electron chi connectivity index (χ3n) is 5.28. The highest BCUT2D eigenvalue weighted by Gasteiger charge is 2.34. The fraction of sp³-hybridized carbons (Fsp3) is 1.00. The Bertz CT molecular complexity index is 250. The molecule has 0 aromatic rings. The van der Waals surface area contributed by atoms with E-state index in [9.17, 15) is 0 Å². The maximum atomic E-state index is 3.41. The second kappa shape index (κ2) is 6.36. The van der Waals surface area contributed by atoms with E-state index < -0.39 is 0 Å². The minimum absolute atomic E-state index is 0.482. The fourth-order valence-corrected chi connectivity index (χ4v) is 3.83. The molecule has 3 nitrogen and oxygen atoms in total. The lowest BCUT2D eigenvalue weighted by Gasteiger charge is -2.43. The van der Waals surface area contributed by atoms with Crippen molar-refractivity contribution in [2.75, 3.05) is 46.3 Å². The zero-order valence-corrected chi connectivity index (χ0v) is 12.5. The van der Waals surface area contributed by atoms with Gasteiger partial charge in [-0.1, -0.05) is 13.8 Å². The summed E-state index contributed by atoms with van der Waals surface area (Å²) >= 11 is 0. The molecule has 2 saturated heterocycles. The van der Waals surface area contributed by atoms with Gasteiger partial charge in [-0.3, -0.25) is 9.80 Å². The molecule has 0 radical (unpaired) electrons. The summed E-state index contributed by atoms with van der Waals surface area (Å²) in [5.74, 6) is 0. The van der Waals surface area contributed by atoms with E-state index in [4.69, 9.17) is 0 Å². The third-order valence-corrected chi connectivity index (χ3v) is 5.28. The average molecular weight is 253 g/mol. The first kappa shape index (κ1) is 14.3. The van der Waals surface area contributed by atoms with Crippen molar-refractivity contribution in [2.45, 2.75) is 45.6 Å². The van der Waals surface area contributed by atoms with E-state index >= 15 is 0 Å². The largest absolute Gasteiger partial charge is 0.319 e. The van der Waals surface area contributed by atoms with Gasteiger partial charge in [-0.15, -0.1) is 0 Å². The highest BCUT2D eigenvalue weighted by Crippen LogP contribution is 2.29. The van der Waals surface area contributed by atoms with Gasteiger partial charge in [0.2, 0.25) is 0 Å². The standard InChI is InChI=1S/C15H31N3/c1-4-15(5-2,12-16-3)13-17-9-10-18-8-6-7-14(18)11-17/h14,16H,4-13H2,1-3H3. The molecular weight excluding hydrogens is 222 g/mol. The lowest BCUT2D eigenvalue weighted by atomic mass is 9.81. The molecule has 0 aromatic carbocycles. The number of fused-ring (bicyclic) bond motifs is 1.